The molecule has 0 bridgehead atoms. The number of nitro groups is 1. The molecule has 1 rings (SSSR count). The molecule has 5 nitrogen and oxygen atoms in total. The summed E-state index contributed by atoms with van der Waals surface area (Å²) in [5, 5.41) is 13.7. The van der Waals surface area contributed by atoms with E-state index in [4.69, 9.17) is 0 Å². The molecule has 104 valence electrons. The molecule has 1 amide bonds. The molecule has 1 aromatic rings. The highest BCUT2D eigenvalue weighted by molar-refractivity contribution is 9.09. The molecule has 1 atom stereocenters. The van der Waals surface area contributed by atoms with E-state index >= 15 is 0 Å². The van der Waals surface area contributed by atoms with Crippen LogP contribution in [0, 0.1) is 21.7 Å². The molecule has 0 aliphatic rings. The molecular weight excluding hydrogens is 326 g/mol. The van der Waals surface area contributed by atoms with Gasteiger partial charge in [0.05, 0.1) is 11.0 Å². The number of hydrogen-bond donors (Lipinski definition) is 1. The van der Waals surface area contributed by atoms with Crippen LogP contribution in [0.15, 0.2) is 12.1 Å². The summed E-state index contributed by atoms with van der Waals surface area (Å²) in [6, 6.07) is 0.684. The van der Waals surface area contributed by atoms with Crippen LogP contribution in [0.25, 0.3) is 0 Å². The van der Waals surface area contributed by atoms with Gasteiger partial charge in [-0.2, -0.15) is 0 Å². The Balaban J connectivity index is 3.14. The Morgan fingerprint density at radius 3 is 2.53 bits per heavy atom. The zero-order chi connectivity index (χ0) is 14.6. The number of nitro benzene ring substituents is 1. The molecule has 1 N–H and O–H groups in total. The van der Waals surface area contributed by atoms with E-state index in [0.29, 0.717) is 23.9 Å². The maximum Gasteiger partial charge on any atom is 0.285 e. The van der Waals surface area contributed by atoms with E-state index in [1.54, 1.807) is 0 Å². The van der Waals surface area contributed by atoms with E-state index in [9.17, 15) is 23.7 Å². The standard InChI is InChI=1S/C11H11BrF2N2O3/c1-2-6(5-12)15-11(17)7-3-8(13)9(14)4-10(7)16(18)19/h3-4,6H,2,5H2,1H3,(H,15,17). The fourth-order valence-electron chi connectivity index (χ4n) is 1.38. The van der Waals surface area contributed by atoms with Gasteiger partial charge in [-0.05, 0) is 12.5 Å². The molecule has 0 saturated heterocycles. The van der Waals surface area contributed by atoms with Crippen LogP contribution < -0.4 is 5.32 Å². The van der Waals surface area contributed by atoms with Crippen LogP contribution in [0.2, 0.25) is 0 Å². The predicted molar refractivity (Wildman–Crippen MR) is 68.4 cm³/mol. The van der Waals surface area contributed by atoms with Gasteiger partial charge in [0.15, 0.2) is 11.6 Å². The van der Waals surface area contributed by atoms with Crippen LogP contribution in [0.1, 0.15) is 23.7 Å². The summed E-state index contributed by atoms with van der Waals surface area (Å²) in [5.41, 5.74) is -1.26. The minimum Gasteiger partial charge on any atom is -0.348 e. The van der Waals surface area contributed by atoms with E-state index in [1.807, 2.05) is 6.92 Å². The third-order valence-corrected chi connectivity index (χ3v) is 3.28. The maximum absolute atomic E-state index is 13.1. The Kier molecular flexibility index (Phi) is 5.34. The molecule has 19 heavy (non-hydrogen) atoms. The van der Waals surface area contributed by atoms with E-state index in [0.717, 1.165) is 0 Å². The lowest BCUT2D eigenvalue weighted by atomic mass is 10.1. The SMILES string of the molecule is CCC(CBr)NC(=O)c1cc(F)c(F)cc1[N+](=O)[O-]. The van der Waals surface area contributed by atoms with Crippen molar-refractivity contribution >= 4 is 27.5 Å². The Morgan fingerprint density at radius 1 is 1.47 bits per heavy atom. The number of amides is 1. The number of rotatable bonds is 5. The number of benzene rings is 1. The molecule has 0 fully saturated rings. The zero-order valence-corrected chi connectivity index (χ0v) is 11.5. The van der Waals surface area contributed by atoms with Gasteiger partial charge in [0.25, 0.3) is 11.6 Å². The number of carbonyl (C=O) groups excluding carboxylic acids is 1. The van der Waals surface area contributed by atoms with Crippen LogP contribution >= 0.6 is 15.9 Å². The topological polar surface area (TPSA) is 72.2 Å². The van der Waals surface area contributed by atoms with Crippen molar-refractivity contribution in [2.24, 2.45) is 0 Å². The van der Waals surface area contributed by atoms with Gasteiger partial charge in [0.1, 0.15) is 5.56 Å². The number of nitrogens with one attached hydrogen (secondary N) is 1. The van der Waals surface area contributed by atoms with Crippen LogP contribution in [-0.2, 0) is 0 Å². The van der Waals surface area contributed by atoms with Crippen molar-refractivity contribution in [2.75, 3.05) is 5.33 Å². The van der Waals surface area contributed by atoms with Crippen molar-refractivity contribution in [1.82, 2.24) is 5.32 Å². The lowest BCUT2D eigenvalue weighted by molar-refractivity contribution is -0.385. The van der Waals surface area contributed by atoms with Crippen LogP contribution in [-0.4, -0.2) is 22.2 Å². The minimum absolute atomic E-state index is 0.250. The van der Waals surface area contributed by atoms with E-state index in [1.165, 1.54) is 0 Å². The second-order valence-corrected chi connectivity index (χ2v) is 4.42. The van der Waals surface area contributed by atoms with Gasteiger partial charge < -0.3 is 5.32 Å². The van der Waals surface area contributed by atoms with E-state index < -0.39 is 33.7 Å². The summed E-state index contributed by atoms with van der Waals surface area (Å²) < 4.78 is 26.1. The molecule has 0 aliphatic heterocycles. The molecule has 0 saturated carbocycles. The normalized spacial score (nSPS) is 12.0. The molecule has 1 aromatic carbocycles. The molecule has 1 unspecified atom stereocenters. The summed E-state index contributed by atoms with van der Waals surface area (Å²) in [4.78, 5) is 21.7. The second-order valence-electron chi connectivity index (χ2n) is 3.77. The quantitative estimate of drug-likeness (QED) is 0.510. The molecular formula is C11H11BrF2N2O3. The first kappa shape index (κ1) is 15.5. The number of alkyl halides is 1. The van der Waals surface area contributed by atoms with Gasteiger partial charge in [0, 0.05) is 11.4 Å². The number of hydrogen-bond acceptors (Lipinski definition) is 3. The first-order valence-corrected chi connectivity index (χ1v) is 6.53. The second kappa shape index (κ2) is 6.55. The third kappa shape index (κ3) is 3.69. The molecule has 0 aromatic heterocycles. The lowest BCUT2D eigenvalue weighted by Crippen LogP contribution is -2.35. The lowest BCUT2D eigenvalue weighted by Gasteiger charge is -2.14. The maximum atomic E-state index is 13.1. The summed E-state index contributed by atoms with van der Waals surface area (Å²) in [7, 11) is 0. The average Bonchev–Trinajstić information content (AvgIpc) is 2.37. The predicted octanol–water partition coefficient (Wildman–Crippen LogP) is 2.78. The Labute approximate surface area is 116 Å². The summed E-state index contributed by atoms with van der Waals surface area (Å²) in [5.74, 6) is -3.48. The van der Waals surface area contributed by atoms with Crippen molar-refractivity contribution in [3.8, 4) is 0 Å². The number of halogens is 3. The van der Waals surface area contributed by atoms with Crippen molar-refractivity contribution in [1.29, 1.82) is 0 Å². The average molecular weight is 337 g/mol. The fraction of sp³-hybridized carbons (Fsp3) is 0.364. The van der Waals surface area contributed by atoms with Gasteiger partial charge >= 0.3 is 0 Å². The highest BCUT2D eigenvalue weighted by atomic mass is 79.9. The highest BCUT2D eigenvalue weighted by Gasteiger charge is 2.24. The number of carbonyl (C=O) groups is 1. The summed E-state index contributed by atoms with van der Waals surface area (Å²) in [6.45, 7) is 1.81. The first-order valence-electron chi connectivity index (χ1n) is 5.41. The van der Waals surface area contributed by atoms with Crippen molar-refractivity contribution in [3.05, 3.63) is 39.4 Å². The molecule has 8 heteroatoms. The van der Waals surface area contributed by atoms with Gasteiger partial charge in [-0.15, -0.1) is 0 Å². The van der Waals surface area contributed by atoms with Crippen molar-refractivity contribution < 1.29 is 18.5 Å². The minimum atomic E-state index is -1.37. The molecule has 0 heterocycles. The van der Waals surface area contributed by atoms with Crippen molar-refractivity contribution in [3.63, 3.8) is 0 Å². The third-order valence-electron chi connectivity index (χ3n) is 2.49. The van der Waals surface area contributed by atoms with Crippen LogP contribution in [0.5, 0.6) is 0 Å². The number of nitrogens with zero attached hydrogens (tertiary/aromatic N) is 1. The molecule has 0 radical (unpaired) electrons. The zero-order valence-electron chi connectivity index (χ0n) is 9.95. The Bertz CT molecular complexity index is 507. The van der Waals surface area contributed by atoms with E-state index in [-0.39, 0.29) is 6.04 Å². The molecule has 0 spiro atoms. The molecule has 0 aliphatic carbocycles. The highest BCUT2D eigenvalue weighted by Crippen LogP contribution is 2.22. The van der Waals surface area contributed by atoms with Crippen molar-refractivity contribution in [2.45, 2.75) is 19.4 Å². The summed E-state index contributed by atoms with van der Waals surface area (Å²) >= 11 is 3.17. The van der Waals surface area contributed by atoms with Gasteiger partial charge in [-0.25, -0.2) is 8.78 Å². The first-order chi connectivity index (χ1) is 8.90. The monoisotopic (exact) mass is 336 g/mol. The van der Waals surface area contributed by atoms with Crippen LogP contribution in [0.4, 0.5) is 14.5 Å². The largest absolute Gasteiger partial charge is 0.348 e. The van der Waals surface area contributed by atoms with Gasteiger partial charge in [-0.1, -0.05) is 22.9 Å². The van der Waals surface area contributed by atoms with Gasteiger partial charge in [-0.3, -0.25) is 14.9 Å². The van der Waals surface area contributed by atoms with E-state index in [2.05, 4.69) is 21.2 Å². The fourth-order valence-corrected chi connectivity index (χ4v) is 2.00. The van der Waals surface area contributed by atoms with Gasteiger partial charge in [0.2, 0.25) is 0 Å². The smallest absolute Gasteiger partial charge is 0.285 e. The van der Waals surface area contributed by atoms with Crippen LogP contribution in [0.3, 0.4) is 0 Å². The Hall–Kier alpha value is -1.57. The summed E-state index contributed by atoms with van der Waals surface area (Å²) in [6.07, 6.45) is 0.592. The Morgan fingerprint density at radius 2 is 2.05 bits per heavy atom.